The molecular formula is C23H24ClN5O2. The van der Waals surface area contributed by atoms with Crippen LogP contribution >= 0.6 is 11.6 Å². The molecule has 2 heterocycles. The van der Waals surface area contributed by atoms with Gasteiger partial charge in [0, 0.05) is 29.4 Å². The van der Waals surface area contributed by atoms with Crippen molar-refractivity contribution < 1.29 is 9.53 Å². The molecule has 160 valence electrons. The van der Waals surface area contributed by atoms with Crippen LogP contribution in [0.4, 0.5) is 22.0 Å². The van der Waals surface area contributed by atoms with E-state index in [1.807, 2.05) is 36.4 Å². The molecule has 31 heavy (non-hydrogen) atoms. The molecule has 1 aliphatic heterocycles. The van der Waals surface area contributed by atoms with Crippen LogP contribution in [0.2, 0.25) is 5.02 Å². The monoisotopic (exact) mass is 437 g/mol. The lowest BCUT2D eigenvalue weighted by atomic mass is 10.1. The van der Waals surface area contributed by atoms with E-state index in [9.17, 15) is 4.79 Å². The van der Waals surface area contributed by atoms with Gasteiger partial charge < -0.3 is 20.3 Å². The van der Waals surface area contributed by atoms with Gasteiger partial charge in [0.2, 0.25) is 0 Å². The number of nitrogens with zero attached hydrogens (tertiary/aromatic N) is 3. The Bertz CT molecular complexity index is 1050. The largest absolute Gasteiger partial charge is 0.495 e. The van der Waals surface area contributed by atoms with Gasteiger partial charge in [0.15, 0.2) is 5.82 Å². The van der Waals surface area contributed by atoms with Gasteiger partial charge in [-0.2, -0.15) is 0 Å². The van der Waals surface area contributed by atoms with Crippen LogP contribution in [0, 0.1) is 0 Å². The number of carbonyl (C=O) groups is 1. The predicted octanol–water partition coefficient (Wildman–Crippen LogP) is 5.44. The maximum atomic E-state index is 12.5. The van der Waals surface area contributed by atoms with Gasteiger partial charge in [0.25, 0.3) is 0 Å². The second-order valence-electron chi connectivity index (χ2n) is 7.33. The number of hydrogen-bond donors (Lipinski definition) is 2. The van der Waals surface area contributed by atoms with Crippen molar-refractivity contribution in [2.24, 2.45) is 0 Å². The summed E-state index contributed by atoms with van der Waals surface area (Å²) in [5.41, 5.74) is 2.75. The highest BCUT2D eigenvalue weighted by Crippen LogP contribution is 2.28. The number of amides is 2. The third-order valence-corrected chi connectivity index (χ3v) is 5.39. The highest BCUT2D eigenvalue weighted by Gasteiger charge is 2.13. The summed E-state index contributed by atoms with van der Waals surface area (Å²) in [6, 6.07) is 16.1. The van der Waals surface area contributed by atoms with Crippen LogP contribution in [0.5, 0.6) is 5.75 Å². The summed E-state index contributed by atoms with van der Waals surface area (Å²) in [5.74, 6) is 1.44. The van der Waals surface area contributed by atoms with Gasteiger partial charge in [-0.25, -0.2) is 4.79 Å². The summed E-state index contributed by atoms with van der Waals surface area (Å²) in [4.78, 5) is 14.7. The van der Waals surface area contributed by atoms with E-state index >= 15 is 0 Å². The zero-order valence-corrected chi connectivity index (χ0v) is 18.0. The Kier molecular flexibility index (Phi) is 6.52. The first-order chi connectivity index (χ1) is 15.1. The minimum Gasteiger partial charge on any atom is -0.495 e. The molecule has 4 rings (SSSR count). The fourth-order valence-corrected chi connectivity index (χ4v) is 3.76. The molecule has 0 bridgehead atoms. The summed E-state index contributed by atoms with van der Waals surface area (Å²) in [6.45, 7) is 2.06. The molecule has 0 spiro atoms. The zero-order valence-electron chi connectivity index (χ0n) is 17.3. The first-order valence-electron chi connectivity index (χ1n) is 10.2. The molecule has 0 radical (unpaired) electrons. The lowest BCUT2D eigenvalue weighted by Crippen LogP contribution is -2.30. The number of anilines is 3. The minimum atomic E-state index is -0.399. The number of aromatic nitrogens is 2. The molecule has 1 aromatic heterocycles. The van der Waals surface area contributed by atoms with Gasteiger partial charge in [0.1, 0.15) is 5.75 Å². The molecule has 0 unspecified atom stereocenters. The molecule has 1 saturated heterocycles. The Morgan fingerprint density at radius 3 is 2.58 bits per heavy atom. The van der Waals surface area contributed by atoms with Crippen molar-refractivity contribution in [1.29, 1.82) is 0 Å². The van der Waals surface area contributed by atoms with Gasteiger partial charge >= 0.3 is 6.03 Å². The Morgan fingerprint density at radius 2 is 1.84 bits per heavy atom. The fraction of sp³-hybridized carbons (Fsp3) is 0.261. The van der Waals surface area contributed by atoms with E-state index in [0.717, 1.165) is 30.2 Å². The van der Waals surface area contributed by atoms with Crippen LogP contribution in [-0.2, 0) is 0 Å². The Morgan fingerprint density at radius 1 is 1.00 bits per heavy atom. The first kappa shape index (κ1) is 20.9. The van der Waals surface area contributed by atoms with Gasteiger partial charge in [-0.1, -0.05) is 23.7 Å². The van der Waals surface area contributed by atoms with E-state index in [-0.39, 0.29) is 0 Å². The maximum Gasteiger partial charge on any atom is 0.323 e. The molecule has 1 aliphatic rings. The highest BCUT2D eigenvalue weighted by atomic mass is 35.5. The molecule has 0 atom stereocenters. The van der Waals surface area contributed by atoms with Crippen LogP contribution in [-0.4, -0.2) is 36.4 Å². The number of urea groups is 1. The lowest BCUT2D eigenvalue weighted by Gasteiger charge is -2.27. The second-order valence-corrected chi connectivity index (χ2v) is 7.77. The number of halogens is 1. The van der Waals surface area contributed by atoms with Crippen molar-refractivity contribution in [3.8, 4) is 17.0 Å². The molecule has 1 fully saturated rings. The highest BCUT2D eigenvalue weighted by molar-refractivity contribution is 6.31. The van der Waals surface area contributed by atoms with Gasteiger partial charge in [-0.15, -0.1) is 10.2 Å². The van der Waals surface area contributed by atoms with E-state index in [4.69, 9.17) is 16.3 Å². The summed E-state index contributed by atoms with van der Waals surface area (Å²) >= 11 is 6.02. The van der Waals surface area contributed by atoms with Crippen LogP contribution in [0.3, 0.4) is 0 Å². The lowest BCUT2D eigenvalue weighted by molar-refractivity contribution is 0.262. The minimum absolute atomic E-state index is 0.399. The van der Waals surface area contributed by atoms with Gasteiger partial charge in [0.05, 0.1) is 18.5 Å². The van der Waals surface area contributed by atoms with E-state index in [1.54, 1.807) is 18.2 Å². The number of nitrogens with one attached hydrogen (secondary N) is 2. The van der Waals surface area contributed by atoms with Crippen molar-refractivity contribution in [2.45, 2.75) is 19.3 Å². The molecule has 7 nitrogen and oxygen atoms in total. The van der Waals surface area contributed by atoms with E-state index in [0.29, 0.717) is 22.1 Å². The smallest absolute Gasteiger partial charge is 0.323 e. The quantitative estimate of drug-likeness (QED) is 0.555. The third kappa shape index (κ3) is 5.24. The summed E-state index contributed by atoms with van der Waals surface area (Å²) in [5, 5.41) is 14.9. The van der Waals surface area contributed by atoms with Crippen LogP contribution in [0.15, 0.2) is 54.6 Å². The summed E-state index contributed by atoms with van der Waals surface area (Å²) in [7, 11) is 1.54. The fourth-order valence-electron chi connectivity index (χ4n) is 3.59. The summed E-state index contributed by atoms with van der Waals surface area (Å²) in [6.07, 6.45) is 3.67. The van der Waals surface area contributed by atoms with Crippen LogP contribution in [0.25, 0.3) is 11.3 Å². The number of rotatable bonds is 5. The Balaban J connectivity index is 1.44. The van der Waals surface area contributed by atoms with E-state index < -0.39 is 6.03 Å². The van der Waals surface area contributed by atoms with Crippen molar-refractivity contribution in [1.82, 2.24) is 10.2 Å². The number of benzene rings is 2. The number of methoxy groups -OCH3 is 1. The molecule has 0 saturated carbocycles. The first-order valence-corrected chi connectivity index (χ1v) is 10.6. The van der Waals surface area contributed by atoms with Gasteiger partial charge in [-0.05, 0) is 61.7 Å². The average Bonchev–Trinajstić information content (AvgIpc) is 2.80. The average molecular weight is 438 g/mol. The van der Waals surface area contributed by atoms with Crippen LogP contribution in [0.1, 0.15) is 19.3 Å². The van der Waals surface area contributed by atoms with E-state index in [1.165, 1.54) is 26.4 Å². The second kappa shape index (κ2) is 9.66. The Hall–Kier alpha value is -3.32. The SMILES string of the molecule is COc1ccc(Cl)cc1NC(=O)Nc1cccc(-c2ccc(N3CCCCC3)nn2)c1. The predicted molar refractivity (Wildman–Crippen MR) is 124 cm³/mol. The van der Waals surface area contributed by atoms with Crippen molar-refractivity contribution >= 4 is 34.8 Å². The van der Waals surface area contributed by atoms with Crippen molar-refractivity contribution in [3.63, 3.8) is 0 Å². The Labute approximate surface area is 186 Å². The zero-order chi connectivity index (χ0) is 21.6. The molecule has 2 N–H and O–H groups in total. The number of hydrogen-bond acceptors (Lipinski definition) is 5. The number of piperidine rings is 1. The van der Waals surface area contributed by atoms with E-state index in [2.05, 4.69) is 25.7 Å². The third-order valence-electron chi connectivity index (χ3n) is 5.16. The van der Waals surface area contributed by atoms with Crippen molar-refractivity contribution in [3.05, 3.63) is 59.6 Å². The molecule has 2 amide bonds. The van der Waals surface area contributed by atoms with Crippen LogP contribution < -0.4 is 20.3 Å². The molecule has 3 aromatic rings. The maximum absolute atomic E-state index is 12.5. The standard InChI is InChI=1S/C23H24ClN5O2/c1-31-21-10-8-17(24)15-20(21)26-23(30)25-18-7-5-6-16(14-18)19-9-11-22(28-27-19)29-12-3-2-4-13-29/h5-11,14-15H,2-4,12-13H2,1H3,(H2,25,26,30). The van der Waals surface area contributed by atoms with Gasteiger partial charge in [-0.3, -0.25) is 0 Å². The molecule has 0 aliphatic carbocycles. The summed E-state index contributed by atoms with van der Waals surface area (Å²) < 4.78 is 5.26. The normalized spacial score (nSPS) is 13.5. The number of carbonyl (C=O) groups excluding carboxylic acids is 1. The van der Waals surface area contributed by atoms with Crippen molar-refractivity contribution in [2.75, 3.05) is 35.7 Å². The topological polar surface area (TPSA) is 79.4 Å². The molecular weight excluding hydrogens is 414 g/mol. The molecule has 2 aromatic carbocycles. The molecule has 8 heteroatoms. The number of ether oxygens (including phenoxy) is 1.